The lowest BCUT2D eigenvalue weighted by molar-refractivity contribution is 0.378. The van der Waals surface area contributed by atoms with Gasteiger partial charge in [0, 0.05) is 37.4 Å². The third kappa shape index (κ3) is 1.73. The van der Waals surface area contributed by atoms with Gasteiger partial charge in [0.15, 0.2) is 0 Å². The molecule has 1 saturated heterocycles. The highest BCUT2D eigenvalue weighted by molar-refractivity contribution is 5.41. The Morgan fingerprint density at radius 3 is 3.07 bits per heavy atom. The summed E-state index contributed by atoms with van der Waals surface area (Å²) in [5.41, 5.74) is 0.145. The summed E-state index contributed by atoms with van der Waals surface area (Å²) >= 11 is 0. The fraction of sp³-hybridized carbons (Fsp3) is 0.545. The molecule has 14 heavy (non-hydrogen) atoms. The number of nitrogens with zero attached hydrogens (tertiary/aromatic N) is 2. The van der Waals surface area contributed by atoms with Crippen LogP contribution in [0.5, 0.6) is 0 Å². The van der Waals surface area contributed by atoms with E-state index in [9.17, 15) is 0 Å². The minimum Gasteiger partial charge on any atom is -0.349 e. The minimum absolute atomic E-state index is 0.145. The Morgan fingerprint density at radius 2 is 2.43 bits per heavy atom. The standard InChI is InChI=1S/C11H16N3/c1-11(2)9-12-7-8-14(11)10-5-3-4-6-13-10/h3,5-6,12H,7-9H2,1-2H3. The van der Waals surface area contributed by atoms with Gasteiger partial charge in [0.05, 0.1) is 0 Å². The number of anilines is 1. The van der Waals surface area contributed by atoms with E-state index in [1.54, 1.807) is 6.20 Å². The molecule has 2 heterocycles. The number of nitrogens with one attached hydrogen (secondary N) is 1. The van der Waals surface area contributed by atoms with Crippen molar-refractivity contribution in [1.82, 2.24) is 10.3 Å². The molecule has 1 aromatic rings. The van der Waals surface area contributed by atoms with E-state index in [1.165, 1.54) is 0 Å². The first-order valence-electron chi connectivity index (χ1n) is 5.01. The molecular weight excluding hydrogens is 174 g/mol. The number of pyridine rings is 1. The second-order valence-electron chi connectivity index (χ2n) is 4.26. The van der Waals surface area contributed by atoms with Crippen LogP contribution in [0.4, 0.5) is 5.82 Å². The third-order valence-corrected chi connectivity index (χ3v) is 2.68. The molecule has 0 unspecified atom stereocenters. The molecule has 1 radical (unpaired) electrons. The van der Waals surface area contributed by atoms with Crippen molar-refractivity contribution >= 4 is 5.82 Å². The first-order valence-corrected chi connectivity index (χ1v) is 5.01. The molecule has 0 saturated carbocycles. The molecule has 0 aliphatic carbocycles. The van der Waals surface area contributed by atoms with Crippen LogP contribution in [0, 0.1) is 6.07 Å². The Bertz CT molecular complexity index is 295. The zero-order valence-electron chi connectivity index (χ0n) is 8.75. The smallest absolute Gasteiger partial charge is 0.129 e. The van der Waals surface area contributed by atoms with Crippen molar-refractivity contribution in [2.45, 2.75) is 19.4 Å². The quantitative estimate of drug-likeness (QED) is 0.718. The van der Waals surface area contributed by atoms with E-state index in [4.69, 9.17) is 0 Å². The van der Waals surface area contributed by atoms with Crippen LogP contribution in [-0.2, 0) is 0 Å². The lowest BCUT2D eigenvalue weighted by Crippen LogP contribution is -2.58. The monoisotopic (exact) mass is 190 g/mol. The maximum absolute atomic E-state index is 4.34. The van der Waals surface area contributed by atoms with Crippen molar-refractivity contribution in [3.8, 4) is 0 Å². The lowest BCUT2D eigenvalue weighted by Gasteiger charge is -2.43. The lowest BCUT2D eigenvalue weighted by atomic mass is 10.0. The van der Waals surface area contributed by atoms with E-state index in [0.29, 0.717) is 0 Å². The maximum atomic E-state index is 4.34. The molecule has 3 nitrogen and oxygen atoms in total. The molecule has 1 fully saturated rings. The van der Waals surface area contributed by atoms with Gasteiger partial charge in [-0.2, -0.15) is 0 Å². The van der Waals surface area contributed by atoms with E-state index in [2.05, 4.69) is 35.1 Å². The molecule has 1 aliphatic heterocycles. The molecule has 0 atom stereocenters. The van der Waals surface area contributed by atoms with E-state index >= 15 is 0 Å². The summed E-state index contributed by atoms with van der Waals surface area (Å²) in [6.07, 6.45) is 1.73. The van der Waals surface area contributed by atoms with Crippen LogP contribution >= 0.6 is 0 Å². The van der Waals surface area contributed by atoms with Gasteiger partial charge in [0.2, 0.25) is 0 Å². The van der Waals surface area contributed by atoms with Crippen LogP contribution in [0.1, 0.15) is 13.8 Å². The predicted molar refractivity (Wildman–Crippen MR) is 57.4 cm³/mol. The van der Waals surface area contributed by atoms with Gasteiger partial charge in [0.25, 0.3) is 0 Å². The highest BCUT2D eigenvalue weighted by Crippen LogP contribution is 2.22. The number of hydrogen-bond donors (Lipinski definition) is 1. The number of hydrogen-bond acceptors (Lipinski definition) is 3. The van der Waals surface area contributed by atoms with Crippen molar-refractivity contribution in [3.05, 3.63) is 24.4 Å². The van der Waals surface area contributed by atoms with Crippen molar-refractivity contribution in [2.75, 3.05) is 24.5 Å². The molecule has 0 aromatic carbocycles. The zero-order valence-corrected chi connectivity index (χ0v) is 8.75. The molecule has 1 aliphatic rings. The second kappa shape index (κ2) is 3.58. The van der Waals surface area contributed by atoms with Crippen LogP contribution in [0.3, 0.4) is 0 Å². The molecular formula is C11H16N3. The fourth-order valence-electron chi connectivity index (χ4n) is 1.88. The molecule has 1 aromatic heterocycles. The Balaban J connectivity index is 2.24. The largest absolute Gasteiger partial charge is 0.349 e. The van der Waals surface area contributed by atoms with Crippen molar-refractivity contribution in [2.24, 2.45) is 0 Å². The van der Waals surface area contributed by atoms with Crippen LogP contribution in [0.25, 0.3) is 0 Å². The van der Waals surface area contributed by atoms with Gasteiger partial charge in [0.1, 0.15) is 5.82 Å². The average molecular weight is 190 g/mol. The Kier molecular flexibility index (Phi) is 2.42. The normalized spacial score (nSPS) is 20.9. The first kappa shape index (κ1) is 9.46. The molecule has 3 heteroatoms. The number of aromatic nitrogens is 1. The van der Waals surface area contributed by atoms with E-state index < -0.39 is 0 Å². The Morgan fingerprint density at radius 1 is 1.57 bits per heavy atom. The van der Waals surface area contributed by atoms with Gasteiger partial charge in [-0.05, 0) is 26.0 Å². The SMILES string of the molecule is CC1(C)CNCCN1c1cc[c]cn1. The molecule has 0 bridgehead atoms. The predicted octanol–water partition coefficient (Wildman–Crippen LogP) is 1.07. The van der Waals surface area contributed by atoms with Gasteiger partial charge >= 0.3 is 0 Å². The molecule has 75 valence electrons. The highest BCUT2D eigenvalue weighted by Gasteiger charge is 2.30. The van der Waals surface area contributed by atoms with Gasteiger partial charge in [-0.1, -0.05) is 0 Å². The topological polar surface area (TPSA) is 28.2 Å². The summed E-state index contributed by atoms with van der Waals surface area (Å²) in [6, 6.07) is 6.88. The van der Waals surface area contributed by atoms with Crippen molar-refractivity contribution in [3.63, 3.8) is 0 Å². The number of rotatable bonds is 1. The van der Waals surface area contributed by atoms with E-state index in [-0.39, 0.29) is 5.54 Å². The van der Waals surface area contributed by atoms with Gasteiger partial charge in [-0.25, -0.2) is 4.98 Å². The van der Waals surface area contributed by atoms with Crippen LogP contribution in [-0.4, -0.2) is 30.2 Å². The fourth-order valence-corrected chi connectivity index (χ4v) is 1.88. The molecule has 1 N–H and O–H groups in total. The Labute approximate surface area is 85.1 Å². The summed E-state index contributed by atoms with van der Waals surface area (Å²) in [4.78, 5) is 6.69. The van der Waals surface area contributed by atoms with E-state index in [1.807, 2.05) is 12.1 Å². The Hall–Kier alpha value is -1.09. The summed E-state index contributed by atoms with van der Waals surface area (Å²) < 4.78 is 0. The summed E-state index contributed by atoms with van der Waals surface area (Å²) in [5, 5.41) is 3.40. The molecule has 0 spiro atoms. The van der Waals surface area contributed by atoms with Gasteiger partial charge in [-0.3, -0.25) is 0 Å². The summed E-state index contributed by atoms with van der Waals surface area (Å²) in [6.45, 7) is 7.52. The maximum Gasteiger partial charge on any atom is 0.129 e. The van der Waals surface area contributed by atoms with Crippen LogP contribution < -0.4 is 10.2 Å². The van der Waals surface area contributed by atoms with Crippen LogP contribution in [0.2, 0.25) is 0 Å². The van der Waals surface area contributed by atoms with E-state index in [0.717, 1.165) is 25.5 Å². The number of piperazine rings is 1. The van der Waals surface area contributed by atoms with Crippen LogP contribution in [0.15, 0.2) is 18.3 Å². The summed E-state index contributed by atoms with van der Waals surface area (Å²) in [5.74, 6) is 1.05. The molecule has 0 amide bonds. The minimum atomic E-state index is 0.145. The zero-order chi connectivity index (χ0) is 10.0. The second-order valence-corrected chi connectivity index (χ2v) is 4.26. The van der Waals surface area contributed by atoms with Crippen molar-refractivity contribution in [1.29, 1.82) is 0 Å². The summed E-state index contributed by atoms with van der Waals surface area (Å²) in [7, 11) is 0. The highest BCUT2D eigenvalue weighted by atomic mass is 15.3. The third-order valence-electron chi connectivity index (χ3n) is 2.68. The van der Waals surface area contributed by atoms with Crippen molar-refractivity contribution < 1.29 is 0 Å². The first-order chi connectivity index (χ1) is 6.70. The average Bonchev–Trinajstić information content (AvgIpc) is 2.18. The van der Waals surface area contributed by atoms with Gasteiger partial charge < -0.3 is 10.2 Å². The van der Waals surface area contributed by atoms with Gasteiger partial charge in [-0.15, -0.1) is 0 Å². The molecule has 2 rings (SSSR count).